The van der Waals surface area contributed by atoms with Crippen molar-refractivity contribution in [3.8, 4) is 16.9 Å². The molecule has 2 aromatic heterocycles. The summed E-state index contributed by atoms with van der Waals surface area (Å²) in [5, 5.41) is 2.68. The zero-order chi connectivity index (χ0) is 37.7. The number of rotatable bonds is 7. The normalized spacial score (nSPS) is 16.3. The lowest BCUT2D eigenvalue weighted by atomic mass is 9.98. The molecule has 0 radical (unpaired) electrons. The molecule has 4 aromatic carbocycles. The van der Waals surface area contributed by atoms with Crippen LogP contribution in [0.4, 0.5) is 32.6 Å². The van der Waals surface area contributed by atoms with E-state index in [-0.39, 0.29) is 42.5 Å². The number of fused-ring (bicyclic) bond motifs is 4. The molecule has 1 N–H and O–H groups in total. The SMILES string of the molecule is O=C(Nc1ncnc2c1ncn2[C@@H]1C[C@H](C(=O)Oc2c(F)c(F)c(F)c(F)c2F)N(C(=O)OCC2c3ccccc3-c3ccccc32)C1)c1ccccc1. The van der Waals surface area contributed by atoms with E-state index in [9.17, 15) is 36.3 Å². The quantitative estimate of drug-likeness (QED) is 0.0613. The third-order valence-electron chi connectivity index (χ3n) is 9.51. The van der Waals surface area contributed by atoms with E-state index >= 15 is 0 Å². The fraction of sp³-hybridized carbons (Fsp3) is 0.158. The molecule has 1 fully saturated rings. The van der Waals surface area contributed by atoms with Crippen molar-refractivity contribution in [2.75, 3.05) is 18.5 Å². The van der Waals surface area contributed by atoms with Crippen molar-refractivity contribution >= 4 is 35.0 Å². The topological polar surface area (TPSA) is 129 Å². The molecular formula is C38H25F5N6O5. The van der Waals surface area contributed by atoms with Crippen LogP contribution in [-0.2, 0) is 9.53 Å². The molecule has 0 spiro atoms. The van der Waals surface area contributed by atoms with Gasteiger partial charge < -0.3 is 19.4 Å². The van der Waals surface area contributed by atoms with Crippen molar-refractivity contribution in [2.45, 2.75) is 24.4 Å². The molecular weight excluding hydrogens is 715 g/mol. The number of amides is 2. The molecule has 54 heavy (non-hydrogen) atoms. The van der Waals surface area contributed by atoms with Crippen molar-refractivity contribution < 1.29 is 45.8 Å². The highest BCUT2D eigenvalue weighted by Crippen LogP contribution is 2.45. The number of anilines is 1. The van der Waals surface area contributed by atoms with Crippen LogP contribution in [0.15, 0.2) is 91.5 Å². The molecule has 6 aromatic rings. The zero-order valence-electron chi connectivity index (χ0n) is 27.7. The number of nitrogens with zero attached hydrogens (tertiary/aromatic N) is 5. The number of carbonyl (C=O) groups is 3. The second kappa shape index (κ2) is 13.7. The molecule has 1 saturated heterocycles. The van der Waals surface area contributed by atoms with Gasteiger partial charge in [-0.1, -0.05) is 66.7 Å². The van der Waals surface area contributed by atoms with Gasteiger partial charge in [0.25, 0.3) is 5.91 Å². The smallest absolute Gasteiger partial charge is 0.410 e. The van der Waals surface area contributed by atoms with Crippen LogP contribution < -0.4 is 10.1 Å². The Morgan fingerprint density at radius 1 is 0.759 bits per heavy atom. The number of hydrogen-bond acceptors (Lipinski definition) is 8. The Morgan fingerprint density at radius 2 is 1.37 bits per heavy atom. The van der Waals surface area contributed by atoms with Gasteiger partial charge in [0.05, 0.1) is 12.4 Å². The van der Waals surface area contributed by atoms with E-state index in [2.05, 4.69) is 20.3 Å². The Bertz CT molecular complexity index is 2410. The minimum Gasteiger partial charge on any atom is -0.448 e. The van der Waals surface area contributed by atoms with Gasteiger partial charge in [0.1, 0.15) is 19.0 Å². The lowest BCUT2D eigenvalue weighted by Gasteiger charge is -2.24. The van der Waals surface area contributed by atoms with E-state index in [4.69, 9.17) is 9.47 Å². The standard InChI is InChI=1S/C38H25F5N6O5/c39-27-28(40)30(42)33(31(43)29(27)41)54-37(51)26-14-20(49-18-46-32-34(44-17-45-35(32)49)47-36(50)19-8-2-1-3-9-19)15-48(26)38(52)53-16-25-23-12-6-4-10-21(23)22-11-5-7-13-24(22)25/h1-13,17-18,20,25-26H,14-16H2,(H,44,45,47,50)/t20-,26-/m1/s1. The number of imidazole rings is 1. The Labute approximate surface area is 302 Å². The number of esters is 1. The number of likely N-dealkylation sites (tertiary alicyclic amines) is 1. The molecule has 0 bridgehead atoms. The molecule has 1 aliphatic carbocycles. The van der Waals surface area contributed by atoms with Crippen molar-refractivity contribution in [3.63, 3.8) is 0 Å². The average molecular weight is 741 g/mol. The van der Waals surface area contributed by atoms with Crippen LogP contribution in [0.3, 0.4) is 0 Å². The maximum Gasteiger partial charge on any atom is 0.410 e. The summed E-state index contributed by atoms with van der Waals surface area (Å²) in [6, 6.07) is 21.1. The number of hydrogen-bond donors (Lipinski definition) is 1. The van der Waals surface area contributed by atoms with E-state index in [1.54, 1.807) is 30.3 Å². The first kappa shape index (κ1) is 34.4. The molecule has 11 nitrogen and oxygen atoms in total. The van der Waals surface area contributed by atoms with Gasteiger partial charge in [-0.15, -0.1) is 0 Å². The van der Waals surface area contributed by atoms with Gasteiger partial charge in [-0.3, -0.25) is 9.69 Å². The Balaban J connectivity index is 1.09. The van der Waals surface area contributed by atoms with E-state index in [0.29, 0.717) is 5.56 Å². The van der Waals surface area contributed by atoms with Crippen molar-refractivity contribution in [2.24, 2.45) is 0 Å². The first-order valence-corrected chi connectivity index (χ1v) is 16.5. The number of aromatic nitrogens is 4. The first-order chi connectivity index (χ1) is 26.1. The van der Waals surface area contributed by atoms with Crippen LogP contribution in [0, 0.1) is 29.1 Å². The lowest BCUT2D eigenvalue weighted by molar-refractivity contribution is -0.139. The minimum atomic E-state index is -2.43. The molecule has 2 amide bonds. The number of carbonyl (C=O) groups excluding carboxylic acids is 3. The van der Waals surface area contributed by atoms with E-state index in [1.807, 2.05) is 48.5 Å². The molecule has 8 rings (SSSR count). The van der Waals surface area contributed by atoms with E-state index < -0.39 is 64.9 Å². The number of halogens is 5. The number of benzene rings is 4. The lowest BCUT2D eigenvalue weighted by Crippen LogP contribution is -2.43. The van der Waals surface area contributed by atoms with Gasteiger partial charge in [-0.05, 0) is 34.4 Å². The van der Waals surface area contributed by atoms with Gasteiger partial charge in [0, 0.05) is 24.4 Å². The predicted octanol–water partition coefficient (Wildman–Crippen LogP) is 6.94. The summed E-state index contributed by atoms with van der Waals surface area (Å²) in [7, 11) is 0. The van der Waals surface area contributed by atoms with Crippen LogP contribution in [-0.4, -0.2) is 61.6 Å². The maximum absolute atomic E-state index is 14.6. The summed E-state index contributed by atoms with van der Waals surface area (Å²) in [5.74, 6) is -15.8. The van der Waals surface area contributed by atoms with Crippen molar-refractivity contribution in [1.82, 2.24) is 24.4 Å². The Hall–Kier alpha value is -6.71. The number of nitrogens with one attached hydrogen (secondary N) is 1. The van der Waals surface area contributed by atoms with Gasteiger partial charge >= 0.3 is 12.1 Å². The second-order valence-corrected chi connectivity index (χ2v) is 12.5. The van der Waals surface area contributed by atoms with Crippen LogP contribution in [0.5, 0.6) is 5.75 Å². The molecule has 1 aliphatic heterocycles. The van der Waals surface area contributed by atoms with Gasteiger partial charge in [0.15, 0.2) is 17.0 Å². The molecule has 16 heteroatoms. The summed E-state index contributed by atoms with van der Waals surface area (Å²) < 4.78 is 83.0. The highest BCUT2D eigenvalue weighted by molar-refractivity contribution is 6.06. The fourth-order valence-electron chi connectivity index (χ4n) is 6.94. The predicted molar refractivity (Wildman–Crippen MR) is 181 cm³/mol. The molecule has 2 aliphatic rings. The van der Waals surface area contributed by atoms with Crippen molar-refractivity contribution in [1.29, 1.82) is 0 Å². The van der Waals surface area contributed by atoms with Crippen LogP contribution in [0.25, 0.3) is 22.3 Å². The van der Waals surface area contributed by atoms with Crippen LogP contribution in [0.1, 0.15) is 39.9 Å². The zero-order valence-corrected chi connectivity index (χ0v) is 27.7. The highest BCUT2D eigenvalue weighted by Gasteiger charge is 2.44. The van der Waals surface area contributed by atoms with Crippen LogP contribution in [0.2, 0.25) is 0 Å². The largest absolute Gasteiger partial charge is 0.448 e. The van der Waals surface area contributed by atoms with Gasteiger partial charge in [-0.2, -0.15) is 8.78 Å². The van der Waals surface area contributed by atoms with E-state index in [1.165, 1.54) is 17.2 Å². The van der Waals surface area contributed by atoms with Gasteiger partial charge in [-0.25, -0.2) is 37.7 Å². The molecule has 0 saturated carbocycles. The highest BCUT2D eigenvalue weighted by atomic mass is 19.2. The molecule has 3 heterocycles. The Morgan fingerprint density at radius 3 is 2.04 bits per heavy atom. The Kier molecular flexibility index (Phi) is 8.71. The second-order valence-electron chi connectivity index (χ2n) is 12.5. The fourth-order valence-corrected chi connectivity index (χ4v) is 6.94. The van der Waals surface area contributed by atoms with E-state index in [0.717, 1.165) is 27.2 Å². The average Bonchev–Trinajstić information content (AvgIpc) is 3.92. The summed E-state index contributed by atoms with van der Waals surface area (Å²) in [6.45, 7) is -0.409. The summed E-state index contributed by atoms with van der Waals surface area (Å²) in [4.78, 5) is 54.0. The first-order valence-electron chi connectivity index (χ1n) is 16.5. The van der Waals surface area contributed by atoms with Gasteiger partial charge in [0.2, 0.25) is 34.8 Å². The van der Waals surface area contributed by atoms with Crippen molar-refractivity contribution in [3.05, 3.63) is 137 Å². The van der Waals surface area contributed by atoms with Crippen LogP contribution >= 0.6 is 0 Å². The maximum atomic E-state index is 14.6. The molecule has 0 unspecified atom stereocenters. The summed E-state index contributed by atoms with van der Waals surface area (Å²) in [6.07, 6.45) is 1.23. The summed E-state index contributed by atoms with van der Waals surface area (Å²) in [5.41, 5.74) is 4.47. The third-order valence-corrected chi connectivity index (χ3v) is 9.51. The third kappa shape index (κ3) is 5.84. The number of ether oxygens (including phenoxy) is 2. The monoisotopic (exact) mass is 740 g/mol. The molecule has 272 valence electrons. The summed E-state index contributed by atoms with van der Waals surface area (Å²) >= 11 is 0. The minimum absolute atomic E-state index is 0.0706. The molecule has 2 atom stereocenters.